The van der Waals surface area contributed by atoms with Crippen LogP contribution in [0.3, 0.4) is 0 Å². The van der Waals surface area contributed by atoms with E-state index < -0.39 is 0 Å². The second-order valence-corrected chi connectivity index (χ2v) is 16.2. The number of benzene rings is 2. The van der Waals surface area contributed by atoms with Crippen molar-refractivity contribution in [3.63, 3.8) is 0 Å². The molecule has 0 amide bonds. The zero-order chi connectivity index (χ0) is 15.4. The van der Waals surface area contributed by atoms with Crippen LogP contribution in [-0.2, 0) is 0 Å². The second kappa shape index (κ2) is 6.70. The molecule has 0 saturated carbocycles. The van der Waals surface area contributed by atoms with Crippen LogP contribution in [0.2, 0.25) is 23.3 Å². The van der Waals surface area contributed by atoms with Gasteiger partial charge in [-0.2, -0.15) is 0 Å². The van der Waals surface area contributed by atoms with E-state index in [0.717, 1.165) is 0 Å². The first-order chi connectivity index (χ1) is 10.7. The van der Waals surface area contributed by atoms with Gasteiger partial charge in [0.25, 0.3) is 0 Å². The molecule has 0 unspecified atom stereocenters. The van der Waals surface area contributed by atoms with Crippen LogP contribution < -0.4 is 17.8 Å². The maximum absolute atomic E-state index is 2.61. The molecule has 0 atom stereocenters. The van der Waals surface area contributed by atoms with Gasteiger partial charge in [0.1, 0.15) is 0 Å². The molecular weight excluding hydrogens is 666 g/mol. The van der Waals surface area contributed by atoms with Crippen molar-refractivity contribution in [2.24, 2.45) is 0 Å². The normalized spacial score (nSPS) is 12.4. The van der Waals surface area contributed by atoms with Crippen LogP contribution in [-0.4, -0.2) is 88.8 Å². The van der Waals surface area contributed by atoms with E-state index in [9.17, 15) is 0 Å². The molecule has 2 heterocycles. The molecule has 0 aliphatic heterocycles. The Labute approximate surface area is 168 Å². The third kappa shape index (κ3) is 2.40. The summed E-state index contributed by atoms with van der Waals surface area (Å²) in [6.45, 7) is 0. The van der Waals surface area contributed by atoms with Crippen molar-refractivity contribution in [3.05, 3.63) is 12.1 Å². The van der Waals surface area contributed by atoms with Gasteiger partial charge in [-0.05, 0) is 0 Å². The first-order valence-electron chi connectivity index (χ1n) is 6.67. The molecule has 6 heteroatoms. The molecule has 4 rings (SSSR count). The van der Waals surface area contributed by atoms with Crippen LogP contribution in [0.4, 0.5) is 0 Å². The Morgan fingerprint density at radius 2 is 0.818 bits per heavy atom. The monoisotopic (exact) mass is 686 g/mol. The predicted molar refractivity (Wildman–Crippen MR) is 109 cm³/mol. The molecule has 0 aliphatic carbocycles. The molecule has 22 heavy (non-hydrogen) atoms. The van der Waals surface area contributed by atoms with Gasteiger partial charge in [-0.15, -0.1) is 0 Å². The van der Waals surface area contributed by atoms with Crippen LogP contribution >= 0.6 is 0 Å². The summed E-state index contributed by atoms with van der Waals surface area (Å²) in [7, 11) is 0. The van der Waals surface area contributed by atoms with E-state index in [4.69, 9.17) is 0 Å². The molecule has 0 N–H and O–H groups in total. The molecule has 0 saturated heterocycles. The van der Waals surface area contributed by atoms with Crippen molar-refractivity contribution in [1.82, 2.24) is 0 Å². The molecule has 0 spiro atoms. The third-order valence-electron chi connectivity index (χ3n) is 3.87. The van der Waals surface area contributed by atoms with E-state index in [1.54, 1.807) is 45.7 Å². The molecule has 0 bridgehead atoms. The number of rotatable bonds is 4. The zero-order valence-electron chi connectivity index (χ0n) is 12.6. The minimum absolute atomic E-state index is 0.587. The van der Waals surface area contributed by atoms with Gasteiger partial charge >= 0.3 is 170 Å². The van der Waals surface area contributed by atoms with E-state index in [-0.39, 0.29) is 0 Å². The van der Waals surface area contributed by atoms with Crippen molar-refractivity contribution in [3.8, 4) is 0 Å². The van der Waals surface area contributed by atoms with Gasteiger partial charge in [0, 0.05) is 0 Å². The van der Waals surface area contributed by atoms with Crippen molar-refractivity contribution < 1.29 is 0 Å². The van der Waals surface area contributed by atoms with Crippen LogP contribution in [0.5, 0.6) is 0 Å². The van der Waals surface area contributed by atoms with E-state index >= 15 is 0 Å². The molecule has 0 aliphatic rings. The summed E-state index contributed by atoms with van der Waals surface area (Å²) in [6, 6.07) is 5.22. The fraction of sp³-hybridized carbons (Fsp3) is 0.250. The topological polar surface area (TPSA) is 0 Å². The van der Waals surface area contributed by atoms with E-state index in [2.05, 4.69) is 35.4 Å². The van der Waals surface area contributed by atoms with Crippen LogP contribution in [0, 0.1) is 0 Å². The molecule has 0 nitrogen and oxygen atoms in total. The van der Waals surface area contributed by atoms with Gasteiger partial charge in [0.15, 0.2) is 0 Å². The van der Waals surface area contributed by atoms with Crippen molar-refractivity contribution in [2.75, 3.05) is 0 Å². The Kier molecular flexibility index (Phi) is 5.17. The van der Waals surface area contributed by atoms with Crippen LogP contribution in [0.15, 0.2) is 12.1 Å². The van der Waals surface area contributed by atoms with E-state index in [0.29, 0.717) is 88.8 Å². The SMILES string of the molecule is C[Se]c1cc([Se]C)c2[se]c3c([Se]C)cc([Se]C)c4[se]c1c2c43. The summed E-state index contributed by atoms with van der Waals surface area (Å²) in [6.07, 6.45) is 0. The molecule has 4 aromatic rings. The Hall–Kier alpha value is 1.56. The Bertz CT molecular complexity index is 830. The van der Waals surface area contributed by atoms with Gasteiger partial charge in [0.2, 0.25) is 0 Å². The van der Waals surface area contributed by atoms with Gasteiger partial charge in [0.05, 0.1) is 0 Å². The summed E-state index contributed by atoms with van der Waals surface area (Å²) in [4.78, 5) is 0. The minimum atomic E-state index is 0.587. The average molecular weight is 680 g/mol. The van der Waals surface area contributed by atoms with Crippen LogP contribution in [0.25, 0.3) is 27.8 Å². The molecule has 2 aromatic carbocycles. The Morgan fingerprint density at radius 1 is 0.545 bits per heavy atom. The standard InChI is InChI=1S/C16H14Se6/c1-17-7-5-8(18-2)14-11-12-15(21-13(7)11)9(19-3)6-10(20-4)16(12)22-14/h5-6H,1-4H3. The molecule has 114 valence electrons. The molecule has 2 aromatic heterocycles. The predicted octanol–water partition coefficient (Wildman–Crippen LogP) is 0.208. The van der Waals surface area contributed by atoms with Gasteiger partial charge < -0.3 is 0 Å². The molecular formula is C16H14Se6. The van der Waals surface area contributed by atoms with Gasteiger partial charge in [-0.25, -0.2) is 0 Å². The van der Waals surface area contributed by atoms with Crippen molar-refractivity contribution in [1.29, 1.82) is 0 Å². The quantitative estimate of drug-likeness (QED) is 0.271. The van der Waals surface area contributed by atoms with Crippen molar-refractivity contribution in [2.45, 2.75) is 23.3 Å². The summed E-state index contributed by atoms with van der Waals surface area (Å²) < 4.78 is 14.1. The number of hydrogen-bond acceptors (Lipinski definition) is 0. The van der Waals surface area contributed by atoms with Crippen molar-refractivity contribution >= 4 is 134 Å². The molecule has 0 radical (unpaired) electrons. The Morgan fingerprint density at radius 3 is 1.05 bits per heavy atom. The average Bonchev–Trinajstić information content (AvgIpc) is 3.13. The van der Waals surface area contributed by atoms with E-state index in [1.165, 1.54) is 0 Å². The first-order valence-corrected chi connectivity index (χ1v) is 20.4. The fourth-order valence-corrected chi connectivity index (χ4v) is 18.9. The van der Waals surface area contributed by atoms with Gasteiger partial charge in [-0.3, -0.25) is 0 Å². The molecule has 0 fully saturated rings. The summed E-state index contributed by atoms with van der Waals surface area (Å²) in [5.74, 6) is 9.62. The Balaban J connectivity index is 2.30. The summed E-state index contributed by atoms with van der Waals surface area (Å²) >= 11 is 3.72. The van der Waals surface area contributed by atoms with Gasteiger partial charge in [-0.1, -0.05) is 0 Å². The van der Waals surface area contributed by atoms with Crippen LogP contribution in [0.1, 0.15) is 0 Å². The third-order valence-corrected chi connectivity index (χ3v) is 18.2. The summed E-state index contributed by atoms with van der Waals surface area (Å²) in [5.41, 5.74) is 0. The fourth-order valence-electron chi connectivity index (χ4n) is 2.87. The second-order valence-electron chi connectivity index (χ2n) is 4.83. The van der Waals surface area contributed by atoms with E-state index in [1.807, 2.05) is 0 Å². The maximum atomic E-state index is 2.61. The first kappa shape index (κ1) is 17.0. The zero-order valence-corrected chi connectivity index (χ0v) is 22.9. The summed E-state index contributed by atoms with van der Waals surface area (Å²) in [5, 5.41) is 3.53. The number of hydrogen-bond donors (Lipinski definition) is 0.